The standard InChI is InChI=1S/C81H155NO10/c1-3-5-7-9-11-13-15-16-17-18-36-40-43-46-49-53-57-61-65-69-77(86)90-70-66-62-58-54-50-47-44-41-38-35-33-31-29-27-25-23-21-19-20-22-24-26-28-30-32-34-37-39-42-45-48-52-56-60-64-68-76(85)82-73(72-91-81-80(89)79(88)78(87)75(71-83)92-81)74(84)67-63-59-55-51-14-12-10-8-6-4-2/h16-17,63,67,73-75,78-81,83-84,87-89H,3-15,18-62,64-66,68-72H2,1-2H3,(H,82,85)/b17-16-,67-63+. The zero-order chi connectivity index (χ0) is 66.5. The van der Waals surface area contributed by atoms with Crippen molar-refractivity contribution < 1.29 is 49.3 Å². The van der Waals surface area contributed by atoms with E-state index in [0.29, 0.717) is 19.4 Å². The molecule has 7 unspecified atom stereocenters. The molecule has 0 radical (unpaired) electrons. The Balaban J connectivity index is 1.84. The predicted molar refractivity (Wildman–Crippen MR) is 389 cm³/mol. The number of esters is 1. The number of rotatable bonds is 73. The molecule has 7 atom stereocenters. The van der Waals surface area contributed by atoms with Crippen molar-refractivity contribution in [3.05, 3.63) is 24.3 Å². The first-order chi connectivity index (χ1) is 45.2. The van der Waals surface area contributed by atoms with Crippen LogP contribution in [0, 0.1) is 0 Å². The first-order valence-corrected chi connectivity index (χ1v) is 40.6. The summed E-state index contributed by atoms with van der Waals surface area (Å²) in [5.41, 5.74) is 0. The molecule has 92 heavy (non-hydrogen) atoms. The average Bonchev–Trinajstić information content (AvgIpc) is 1.42. The van der Waals surface area contributed by atoms with E-state index >= 15 is 0 Å². The van der Waals surface area contributed by atoms with Crippen LogP contribution in [0.4, 0.5) is 0 Å². The van der Waals surface area contributed by atoms with E-state index in [0.717, 1.165) is 57.8 Å². The van der Waals surface area contributed by atoms with Gasteiger partial charge in [0.05, 0.1) is 32.0 Å². The number of nitrogens with one attached hydrogen (secondary N) is 1. The van der Waals surface area contributed by atoms with Gasteiger partial charge < -0.3 is 45.1 Å². The predicted octanol–water partition coefficient (Wildman–Crippen LogP) is 21.9. The average molecular weight is 1300 g/mol. The highest BCUT2D eigenvalue weighted by Crippen LogP contribution is 2.24. The van der Waals surface area contributed by atoms with E-state index in [4.69, 9.17) is 14.2 Å². The second kappa shape index (κ2) is 70.5. The molecule has 0 spiro atoms. The van der Waals surface area contributed by atoms with Crippen LogP contribution in [0.2, 0.25) is 0 Å². The summed E-state index contributed by atoms with van der Waals surface area (Å²) in [6, 6.07) is -0.804. The lowest BCUT2D eigenvalue weighted by atomic mass is 9.99. The first kappa shape index (κ1) is 88.2. The molecule has 1 aliphatic heterocycles. The van der Waals surface area contributed by atoms with Gasteiger partial charge in [0.1, 0.15) is 24.4 Å². The summed E-state index contributed by atoms with van der Waals surface area (Å²) in [5.74, 6) is -0.159. The van der Waals surface area contributed by atoms with Crippen LogP contribution in [0.3, 0.4) is 0 Å². The van der Waals surface area contributed by atoms with Gasteiger partial charge in [-0.15, -0.1) is 0 Å². The number of hydrogen-bond donors (Lipinski definition) is 6. The van der Waals surface area contributed by atoms with Gasteiger partial charge in [-0.05, 0) is 57.8 Å². The number of carbonyl (C=O) groups is 2. The summed E-state index contributed by atoms with van der Waals surface area (Å²) in [6.45, 7) is 4.38. The SMILES string of the molecule is CCCCCCCC/C=C\CCCCCCCCCCCC(=O)OCCCCCCCCCCCCCCCCCCCCCCCCCCCCCCCCCCCCCC(=O)NC(COC1OC(CO)C(O)C(O)C1O)C(O)/C=C/CCCCCCCCCC. The number of ether oxygens (including phenoxy) is 3. The second-order valence-electron chi connectivity index (χ2n) is 28.5. The topological polar surface area (TPSA) is 175 Å². The third-order valence-electron chi connectivity index (χ3n) is 19.6. The van der Waals surface area contributed by atoms with Crippen molar-refractivity contribution in [2.24, 2.45) is 0 Å². The molecule has 1 fully saturated rings. The van der Waals surface area contributed by atoms with Crippen LogP contribution in [0.25, 0.3) is 0 Å². The van der Waals surface area contributed by atoms with Crippen molar-refractivity contribution in [1.82, 2.24) is 5.32 Å². The van der Waals surface area contributed by atoms with Crippen LogP contribution >= 0.6 is 0 Å². The summed E-state index contributed by atoms with van der Waals surface area (Å²) in [5, 5.41) is 54.4. The number of aliphatic hydroxyl groups is 5. The Hall–Kier alpha value is -1.86. The molecular formula is C81H155NO10. The largest absolute Gasteiger partial charge is 0.466 e. The zero-order valence-corrected chi connectivity index (χ0v) is 60.8. The van der Waals surface area contributed by atoms with Crippen molar-refractivity contribution in [1.29, 1.82) is 0 Å². The summed E-state index contributed by atoms with van der Waals surface area (Å²) in [7, 11) is 0. The van der Waals surface area contributed by atoms with Crippen LogP contribution in [-0.2, 0) is 23.8 Å². The molecule has 0 aromatic rings. The lowest BCUT2D eigenvalue weighted by Gasteiger charge is -2.40. The molecule has 11 heteroatoms. The first-order valence-electron chi connectivity index (χ1n) is 40.6. The van der Waals surface area contributed by atoms with Crippen LogP contribution < -0.4 is 5.32 Å². The highest BCUT2D eigenvalue weighted by molar-refractivity contribution is 5.76. The van der Waals surface area contributed by atoms with E-state index in [2.05, 4.69) is 31.3 Å². The molecule has 6 N–H and O–H groups in total. The second-order valence-corrected chi connectivity index (χ2v) is 28.5. The molecule has 544 valence electrons. The van der Waals surface area contributed by atoms with E-state index in [1.165, 1.54) is 334 Å². The molecule has 11 nitrogen and oxygen atoms in total. The molecule has 1 heterocycles. The maximum atomic E-state index is 13.0. The highest BCUT2D eigenvalue weighted by atomic mass is 16.7. The zero-order valence-electron chi connectivity index (χ0n) is 60.8. The molecule has 0 bridgehead atoms. The van der Waals surface area contributed by atoms with Crippen LogP contribution in [0.1, 0.15) is 418 Å². The van der Waals surface area contributed by atoms with E-state index in [9.17, 15) is 35.1 Å². The minimum absolute atomic E-state index is 0.0164. The molecule has 1 aliphatic rings. The Labute approximate surface area is 569 Å². The van der Waals surface area contributed by atoms with Gasteiger partial charge in [0.25, 0.3) is 0 Å². The summed E-state index contributed by atoms with van der Waals surface area (Å²) < 4.78 is 16.8. The molecular weight excluding hydrogens is 1150 g/mol. The van der Waals surface area contributed by atoms with Crippen LogP contribution in [0.5, 0.6) is 0 Å². The molecule has 0 saturated carbocycles. The monoisotopic (exact) mass is 1300 g/mol. The number of hydrogen-bond acceptors (Lipinski definition) is 10. The fourth-order valence-electron chi connectivity index (χ4n) is 13.2. The van der Waals surface area contributed by atoms with Crippen molar-refractivity contribution in [2.45, 2.75) is 461 Å². The molecule has 1 rings (SSSR count). The lowest BCUT2D eigenvalue weighted by Crippen LogP contribution is -2.60. The third-order valence-corrected chi connectivity index (χ3v) is 19.6. The van der Waals surface area contributed by atoms with E-state index in [1.54, 1.807) is 6.08 Å². The van der Waals surface area contributed by atoms with Gasteiger partial charge in [-0.3, -0.25) is 9.59 Å². The maximum absolute atomic E-state index is 13.0. The van der Waals surface area contributed by atoms with Crippen molar-refractivity contribution in [3.8, 4) is 0 Å². The van der Waals surface area contributed by atoms with Crippen LogP contribution in [0.15, 0.2) is 24.3 Å². The van der Waals surface area contributed by atoms with E-state index in [1.807, 2.05) is 6.08 Å². The Bertz CT molecular complexity index is 1580. The van der Waals surface area contributed by atoms with Crippen molar-refractivity contribution in [3.63, 3.8) is 0 Å². The van der Waals surface area contributed by atoms with Crippen LogP contribution in [-0.4, -0.2) is 100 Å². The normalized spacial score (nSPS) is 17.6. The van der Waals surface area contributed by atoms with Gasteiger partial charge in [0.2, 0.25) is 5.91 Å². The molecule has 1 saturated heterocycles. The number of unbranched alkanes of at least 4 members (excludes halogenated alkanes) is 57. The molecule has 0 aliphatic carbocycles. The van der Waals surface area contributed by atoms with Gasteiger partial charge in [-0.2, -0.15) is 0 Å². The molecule has 0 aromatic carbocycles. The highest BCUT2D eigenvalue weighted by Gasteiger charge is 2.44. The minimum atomic E-state index is -1.57. The van der Waals surface area contributed by atoms with Crippen molar-refractivity contribution in [2.75, 3.05) is 19.8 Å². The fourth-order valence-corrected chi connectivity index (χ4v) is 13.2. The summed E-state index contributed by atoms with van der Waals surface area (Å²) >= 11 is 0. The Morgan fingerprint density at radius 1 is 0.391 bits per heavy atom. The van der Waals surface area contributed by atoms with E-state index in [-0.39, 0.29) is 18.5 Å². The quantitative estimate of drug-likeness (QED) is 0.0195. The van der Waals surface area contributed by atoms with E-state index < -0.39 is 49.5 Å². The van der Waals surface area contributed by atoms with Gasteiger partial charge in [0, 0.05) is 12.8 Å². The minimum Gasteiger partial charge on any atom is -0.466 e. The number of allylic oxidation sites excluding steroid dienone is 3. The lowest BCUT2D eigenvalue weighted by molar-refractivity contribution is -0.302. The number of carbonyl (C=O) groups excluding carboxylic acids is 2. The summed E-state index contributed by atoms with van der Waals surface area (Å²) in [6.07, 6.45) is 80.9. The van der Waals surface area contributed by atoms with Gasteiger partial charge in [0.15, 0.2) is 6.29 Å². The molecule has 0 aromatic heterocycles. The number of amides is 1. The van der Waals surface area contributed by atoms with Gasteiger partial charge in [-0.25, -0.2) is 0 Å². The smallest absolute Gasteiger partial charge is 0.305 e. The summed E-state index contributed by atoms with van der Waals surface area (Å²) in [4.78, 5) is 25.2. The Morgan fingerprint density at radius 3 is 1.04 bits per heavy atom. The Morgan fingerprint density at radius 2 is 0.696 bits per heavy atom. The number of aliphatic hydroxyl groups excluding tert-OH is 5. The fraction of sp³-hybridized carbons (Fsp3) is 0.926. The maximum Gasteiger partial charge on any atom is 0.305 e. The van der Waals surface area contributed by atoms with Gasteiger partial charge in [-0.1, -0.05) is 372 Å². The third kappa shape index (κ3) is 58.3. The molecule has 1 amide bonds. The van der Waals surface area contributed by atoms with Gasteiger partial charge >= 0.3 is 5.97 Å². The Kier molecular flexibility index (Phi) is 67.5. The van der Waals surface area contributed by atoms with Crippen molar-refractivity contribution >= 4 is 11.9 Å².